The zero-order chi connectivity index (χ0) is 23.6. The summed E-state index contributed by atoms with van der Waals surface area (Å²) in [6.07, 6.45) is -3.91. The summed E-state index contributed by atoms with van der Waals surface area (Å²) in [5.41, 5.74) is 2.91. The van der Waals surface area contributed by atoms with Crippen molar-refractivity contribution in [3.05, 3.63) is 83.4 Å². The van der Waals surface area contributed by atoms with Crippen molar-refractivity contribution >= 4 is 28.8 Å². The molecule has 8 heteroatoms. The highest BCUT2D eigenvalue weighted by Gasteiger charge is 2.30. The summed E-state index contributed by atoms with van der Waals surface area (Å²) < 4.78 is 44.2. The average molecular weight is 472 g/mol. The number of fused-ring (bicyclic) bond motifs is 1. The summed E-state index contributed by atoms with van der Waals surface area (Å²) in [5, 5.41) is 9.05. The predicted molar refractivity (Wildman–Crippen MR) is 121 cm³/mol. The maximum atomic E-state index is 12.8. The van der Waals surface area contributed by atoms with Crippen LogP contribution in [-0.2, 0) is 23.1 Å². The molecule has 4 nitrogen and oxygen atoms in total. The van der Waals surface area contributed by atoms with Crippen LogP contribution in [0.2, 0.25) is 0 Å². The van der Waals surface area contributed by atoms with Gasteiger partial charge in [0.25, 0.3) is 0 Å². The van der Waals surface area contributed by atoms with Gasteiger partial charge in [-0.1, -0.05) is 31.2 Å². The summed E-state index contributed by atoms with van der Waals surface area (Å²) in [6, 6.07) is 18.1. The molecule has 1 atom stereocenters. The fourth-order valence-electron chi connectivity index (χ4n) is 3.37. The molecule has 0 aliphatic rings. The number of hydrogen-bond donors (Lipinski definition) is 1. The van der Waals surface area contributed by atoms with Crippen molar-refractivity contribution in [3.63, 3.8) is 0 Å². The van der Waals surface area contributed by atoms with Gasteiger partial charge < -0.3 is 9.52 Å². The van der Waals surface area contributed by atoms with Crippen LogP contribution in [0, 0.1) is 5.92 Å². The lowest BCUT2D eigenvalue weighted by atomic mass is 10.0. The van der Waals surface area contributed by atoms with E-state index < -0.39 is 23.6 Å². The van der Waals surface area contributed by atoms with Gasteiger partial charge >= 0.3 is 12.1 Å². The number of alkyl halides is 3. The normalized spacial score (nSPS) is 12.7. The number of carboxylic acids is 1. The number of aromatic nitrogens is 1. The van der Waals surface area contributed by atoms with Crippen molar-refractivity contribution in [1.82, 2.24) is 4.98 Å². The van der Waals surface area contributed by atoms with Crippen LogP contribution in [0.25, 0.3) is 22.6 Å². The van der Waals surface area contributed by atoms with Gasteiger partial charge in [0.15, 0.2) is 5.58 Å². The van der Waals surface area contributed by atoms with Crippen molar-refractivity contribution in [3.8, 4) is 11.5 Å². The van der Waals surface area contributed by atoms with Gasteiger partial charge in [0.1, 0.15) is 5.52 Å². The first kappa shape index (κ1) is 22.9. The molecule has 0 bridgehead atoms. The molecule has 0 aliphatic heterocycles. The number of aliphatic carboxylic acids is 1. The maximum absolute atomic E-state index is 12.8. The van der Waals surface area contributed by atoms with Crippen molar-refractivity contribution in [1.29, 1.82) is 0 Å². The molecule has 0 fully saturated rings. The van der Waals surface area contributed by atoms with E-state index in [1.165, 1.54) is 12.1 Å². The molecule has 0 saturated carbocycles. The molecule has 33 heavy (non-hydrogen) atoms. The van der Waals surface area contributed by atoms with Gasteiger partial charge in [-0.05, 0) is 60.0 Å². The van der Waals surface area contributed by atoms with E-state index in [-0.39, 0.29) is 5.89 Å². The lowest BCUT2D eigenvalue weighted by molar-refractivity contribution is -0.141. The Labute approximate surface area is 192 Å². The fraction of sp³-hybridized carbons (Fsp3) is 0.200. The second-order valence-electron chi connectivity index (χ2n) is 7.73. The number of oxazole rings is 1. The molecule has 0 saturated heterocycles. The number of carbonyl (C=O) groups is 1. The minimum Gasteiger partial charge on any atom is -0.481 e. The van der Waals surface area contributed by atoms with Gasteiger partial charge in [0.05, 0.1) is 11.5 Å². The minimum absolute atomic E-state index is 0.271. The Morgan fingerprint density at radius 2 is 1.76 bits per heavy atom. The van der Waals surface area contributed by atoms with Crippen LogP contribution in [-0.4, -0.2) is 16.1 Å². The first-order valence-electron chi connectivity index (χ1n) is 10.2. The Morgan fingerprint density at radius 3 is 2.39 bits per heavy atom. The number of hydrogen-bond acceptors (Lipinski definition) is 4. The highest BCUT2D eigenvalue weighted by molar-refractivity contribution is 7.98. The number of thioether (sulfide) groups is 1. The molecule has 0 amide bonds. The summed E-state index contributed by atoms with van der Waals surface area (Å²) >= 11 is 1.61. The quantitative estimate of drug-likeness (QED) is 0.292. The van der Waals surface area contributed by atoms with Crippen molar-refractivity contribution in [2.24, 2.45) is 5.92 Å². The predicted octanol–water partition coefficient (Wildman–Crippen LogP) is 7.07. The third kappa shape index (κ3) is 5.39. The molecule has 4 rings (SSSR count). The van der Waals surface area contributed by atoms with Gasteiger partial charge in [0, 0.05) is 16.2 Å². The van der Waals surface area contributed by atoms with E-state index in [2.05, 4.69) is 4.98 Å². The number of rotatable bonds is 7. The lowest BCUT2D eigenvalue weighted by Gasteiger charge is -2.07. The van der Waals surface area contributed by atoms with Crippen LogP contribution in [0.3, 0.4) is 0 Å². The Bertz CT molecular complexity index is 1270. The topological polar surface area (TPSA) is 63.3 Å². The summed E-state index contributed by atoms with van der Waals surface area (Å²) in [7, 11) is 0. The van der Waals surface area contributed by atoms with E-state index in [1.807, 2.05) is 36.4 Å². The van der Waals surface area contributed by atoms with Crippen LogP contribution in [0.1, 0.15) is 23.6 Å². The maximum Gasteiger partial charge on any atom is 0.416 e. The zero-order valence-corrected chi connectivity index (χ0v) is 18.4. The van der Waals surface area contributed by atoms with Crippen LogP contribution in [0.5, 0.6) is 0 Å². The second kappa shape index (κ2) is 9.31. The molecule has 1 heterocycles. The Kier molecular flexibility index (Phi) is 6.47. The van der Waals surface area contributed by atoms with Crippen molar-refractivity contribution < 1.29 is 27.5 Å². The monoisotopic (exact) mass is 471 g/mol. The molecular weight excluding hydrogens is 451 g/mol. The molecule has 1 N–H and O–H groups in total. The molecule has 170 valence electrons. The van der Waals surface area contributed by atoms with Gasteiger partial charge in [-0.15, -0.1) is 11.8 Å². The van der Waals surface area contributed by atoms with Gasteiger partial charge in [-0.25, -0.2) is 4.98 Å². The van der Waals surface area contributed by atoms with Crippen LogP contribution in [0.15, 0.2) is 76.0 Å². The third-order valence-electron chi connectivity index (χ3n) is 5.24. The summed E-state index contributed by atoms with van der Waals surface area (Å²) in [5.74, 6) is -0.355. The molecule has 4 aromatic rings. The standard InChI is InChI=1S/C25H20F3NO3S/c1-15(24(30)31)13-16-5-11-20(12-6-16)33-14-18-3-2-4-21-22(18)29-23(32-21)17-7-9-19(10-8-17)25(26,27)28/h2-12,15H,13-14H2,1H3,(H,30,31). The van der Waals surface area contributed by atoms with E-state index in [0.29, 0.717) is 28.8 Å². The van der Waals surface area contributed by atoms with Crippen molar-refractivity contribution in [2.75, 3.05) is 0 Å². The number of benzene rings is 3. The zero-order valence-electron chi connectivity index (χ0n) is 17.6. The highest BCUT2D eigenvalue weighted by Crippen LogP contribution is 2.33. The van der Waals surface area contributed by atoms with E-state index in [1.54, 1.807) is 24.8 Å². The SMILES string of the molecule is CC(Cc1ccc(SCc2cccc3oc(-c4ccc(C(F)(F)F)cc4)nc23)cc1)C(=O)O. The Balaban J connectivity index is 1.49. The molecule has 1 unspecified atom stereocenters. The van der Waals surface area contributed by atoms with Gasteiger partial charge in [-0.2, -0.15) is 13.2 Å². The van der Waals surface area contributed by atoms with E-state index in [0.717, 1.165) is 28.2 Å². The smallest absolute Gasteiger partial charge is 0.416 e. The third-order valence-corrected chi connectivity index (χ3v) is 6.30. The van der Waals surface area contributed by atoms with E-state index >= 15 is 0 Å². The molecule has 3 aromatic carbocycles. The van der Waals surface area contributed by atoms with Crippen LogP contribution < -0.4 is 0 Å². The summed E-state index contributed by atoms with van der Waals surface area (Å²) in [6.45, 7) is 1.68. The van der Waals surface area contributed by atoms with E-state index in [9.17, 15) is 18.0 Å². The molecular formula is C25H20F3NO3S. The van der Waals surface area contributed by atoms with Crippen LogP contribution in [0.4, 0.5) is 13.2 Å². The largest absolute Gasteiger partial charge is 0.481 e. The first-order valence-corrected chi connectivity index (χ1v) is 11.2. The van der Waals surface area contributed by atoms with E-state index in [4.69, 9.17) is 9.52 Å². The number of halogens is 3. The molecule has 0 radical (unpaired) electrons. The number of carboxylic acid groups (broad SMARTS) is 1. The van der Waals surface area contributed by atoms with Gasteiger partial charge in [0.2, 0.25) is 5.89 Å². The summed E-state index contributed by atoms with van der Waals surface area (Å²) in [4.78, 5) is 16.6. The first-order chi connectivity index (χ1) is 15.7. The minimum atomic E-state index is -4.39. The second-order valence-corrected chi connectivity index (χ2v) is 8.78. The van der Waals surface area contributed by atoms with Crippen molar-refractivity contribution in [2.45, 2.75) is 30.2 Å². The van der Waals surface area contributed by atoms with Crippen LogP contribution >= 0.6 is 11.8 Å². The molecule has 0 aliphatic carbocycles. The molecule has 0 spiro atoms. The number of para-hydroxylation sites is 1. The lowest BCUT2D eigenvalue weighted by Crippen LogP contribution is -2.12. The fourth-order valence-corrected chi connectivity index (χ4v) is 4.25. The molecule has 1 aromatic heterocycles. The highest BCUT2D eigenvalue weighted by atomic mass is 32.2. The Hall–Kier alpha value is -3.26. The average Bonchev–Trinajstić information content (AvgIpc) is 3.23. The van der Waals surface area contributed by atoms with Gasteiger partial charge in [-0.3, -0.25) is 4.79 Å². The number of nitrogens with zero attached hydrogens (tertiary/aromatic N) is 1. The Morgan fingerprint density at radius 1 is 1.06 bits per heavy atom.